The minimum atomic E-state index is -0.963. The molecule has 2 N–H and O–H groups in total. The third-order valence-corrected chi connectivity index (χ3v) is 7.52. The molecule has 4 heterocycles. The smallest absolute Gasteiger partial charge is 0.317 e. The van der Waals surface area contributed by atoms with Gasteiger partial charge in [-0.05, 0) is 28.1 Å². The van der Waals surface area contributed by atoms with E-state index in [1.807, 2.05) is 54.6 Å². The number of thiophene rings is 1. The fourth-order valence-corrected chi connectivity index (χ4v) is 5.75. The molecule has 1 atom stereocenters. The largest absolute Gasteiger partial charge is 0.402 e. The van der Waals surface area contributed by atoms with E-state index in [0.717, 1.165) is 38.6 Å². The Bertz CT molecular complexity index is 1430. The lowest BCUT2D eigenvalue weighted by Crippen LogP contribution is -2.36. The summed E-state index contributed by atoms with van der Waals surface area (Å²) in [5.74, 6) is 0.0558. The Morgan fingerprint density at radius 1 is 1.06 bits per heavy atom. The van der Waals surface area contributed by atoms with Crippen molar-refractivity contribution in [2.45, 2.75) is 6.17 Å². The summed E-state index contributed by atoms with van der Waals surface area (Å²) >= 11 is 5.09. The minimum absolute atomic E-state index is 0.115. The van der Waals surface area contributed by atoms with E-state index in [2.05, 4.69) is 47.7 Å². The first-order valence-corrected chi connectivity index (χ1v) is 13.0. The molecule has 0 aliphatic carbocycles. The molecule has 11 heteroatoms. The average Bonchev–Trinajstić information content (AvgIpc) is 3.51. The molecular weight excluding hydrogens is 544 g/mol. The summed E-state index contributed by atoms with van der Waals surface area (Å²) in [5.41, 5.74) is 4.14. The van der Waals surface area contributed by atoms with Gasteiger partial charge < -0.3 is 24.7 Å². The first-order valence-electron chi connectivity index (χ1n) is 11.4. The molecule has 1 saturated heterocycles. The Labute approximate surface area is 219 Å². The van der Waals surface area contributed by atoms with Crippen LogP contribution in [-0.2, 0) is 9.53 Å². The topological polar surface area (TPSA) is 105 Å². The highest BCUT2D eigenvalue weighted by Crippen LogP contribution is 2.41. The van der Waals surface area contributed by atoms with Crippen LogP contribution >= 0.6 is 27.3 Å². The number of benzene rings is 2. The number of nitrogens with zero attached hydrogens (tertiary/aromatic N) is 4. The number of aliphatic imine (C=N–C) groups is 1. The number of aromatic nitrogens is 2. The van der Waals surface area contributed by atoms with E-state index < -0.39 is 6.17 Å². The molecule has 1 fully saturated rings. The van der Waals surface area contributed by atoms with Crippen LogP contribution in [0.15, 0.2) is 73.9 Å². The second kappa shape index (κ2) is 9.84. The number of hydrogen-bond donors (Lipinski definition) is 2. The van der Waals surface area contributed by atoms with Crippen LogP contribution in [0.5, 0.6) is 0 Å². The van der Waals surface area contributed by atoms with E-state index in [1.54, 1.807) is 0 Å². The average molecular weight is 565 g/mol. The monoisotopic (exact) mass is 564 g/mol. The number of benzodiazepines with no additional fused rings is 1. The number of amides is 1. The molecule has 0 saturated carbocycles. The first-order chi connectivity index (χ1) is 17.7. The standard InChI is InChI=1S/C25H21BrN6O3S/c26-19-14-18(32-10-12-34-13-11-32)21(36-19)24-30-31-25(35-24)29-22-23(33)27-17-9-5-4-8-16(17)20(28-22)15-6-2-1-3-7-15/h1-9,14,22H,10-13H2,(H,27,33)(H,29,31). The number of nitrogens with one attached hydrogen (secondary N) is 2. The van der Waals surface area contributed by atoms with Crippen LogP contribution in [0.3, 0.4) is 0 Å². The number of hydrogen-bond acceptors (Lipinski definition) is 9. The van der Waals surface area contributed by atoms with Crippen molar-refractivity contribution in [3.63, 3.8) is 0 Å². The predicted octanol–water partition coefficient (Wildman–Crippen LogP) is 4.62. The second-order valence-corrected chi connectivity index (χ2v) is 10.6. The molecule has 2 aromatic heterocycles. The van der Waals surface area contributed by atoms with Gasteiger partial charge in [-0.15, -0.1) is 16.4 Å². The van der Waals surface area contributed by atoms with Gasteiger partial charge in [-0.3, -0.25) is 4.79 Å². The first kappa shape index (κ1) is 22.9. The number of ether oxygens (including phenoxy) is 1. The van der Waals surface area contributed by atoms with Crippen molar-refractivity contribution in [1.29, 1.82) is 0 Å². The fourth-order valence-electron chi connectivity index (χ4n) is 4.22. The summed E-state index contributed by atoms with van der Waals surface area (Å²) in [5, 5.41) is 14.4. The van der Waals surface area contributed by atoms with Crippen molar-refractivity contribution < 1.29 is 13.9 Å². The van der Waals surface area contributed by atoms with Crippen LogP contribution in [-0.4, -0.2) is 54.3 Å². The third kappa shape index (κ3) is 4.52. The van der Waals surface area contributed by atoms with Crippen LogP contribution in [0.25, 0.3) is 10.8 Å². The summed E-state index contributed by atoms with van der Waals surface area (Å²) in [7, 11) is 0. The maximum absolute atomic E-state index is 13.1. The molecular formula is C25H21BrN6O3S. The van der Waals surface area contributed by atoms with Crippen LogP contribution < -0.4 is 15.5 Å². The van der Waals surface area contributed by atoms with Crippen molar-refractivity contribution in [3.8, 4) is 10.8 Å². The maximum atomic E-state index is 13.1. The van der Waals surface area contributed by atoms with Crippen molar-refractivity contribution in [1.82, 2.24) is 10.2 Å². The maximum Gasteiger partial charge on any atom is 0.317 e. The summed E-state index contributed by atoms with van der Waals surface area (Å²) in [6, 6.07) is 19.5. The van der Waals surface area contributed by atoms with Crippen LogP contribution in [0.4, 0.5) is 17.4 Å². The van der Waals surface area contributed by atoms with Crippen LogP contribution in [0, 0.1) is 0 Å². The molecule has 1 unspecified atom stereocenters. The van der Waals surface area contributed by atoms with Crippen LogP contribution in [0.2, 0.25) is 0 Å². The lowest BCUT2D eigenvalue weighted by molar-refractivity contribution is -0.116. The van der Waals surface area contributed by atoms with Gasteiger partial charge in [0.05, 0.1) is 34.1 Å². The summed E-state index contributed by atoms with van der Waals surface area (Å²) in [4.78, 5) is 21.0. The molecule has 0 spiro atoms. The molecule has 1 amide bonds. The van der Waals surface area contributed by atoms with Gasteiger partial charge in [-0.25, -0.2) is 4.99 Å². The van der Waals surface area contributed by atoms with Crippen molar-refractivity contribution in [2.75, 3.05) is 41.8 Å². The van der Waals surface area contributed by atoms with Gasteiger partial charge in [0, 0.05) is 24.2 Å². The third-order valence-electron chi connectivity index (χ3n) is 5.91. The zero-order valence-corrected chi connectivity index (χ0v) is 21.4. The molecule has 36 heavy (non-hydrogen) atoms. The van der Waals surface area contributed by atoms with Gasteiger partial charge in [0.25, 0.3) is 11.8 Å². The van der Waals surface area contributed by atoms with Crippen molar-refractivity contribution >= 4 is 56.3 Å². The van der Waals surface area contributed by atoms with E-state index in [4.69, 9.17) is 14.1 Å². The highest BCUT2D eigenvalue weighted by Gasteiger charge is 2.28. The number of fused-ring (bicyclic) bond motifs is 1. The summed E-state index contributed by atoms with van der Waals surface area (Å²) < 4.78 is 12.4. The van der Waals surface area contributed by atoms with Gasteiger partial charge in [0.2, 0.25) is 6.17 Å². The molecule has 2 aliphatic rings. The molecule has 0 bridgehead atoms. The zero-order valence-electron chi connectivity index (χ0n) is 19.0. The molecule has 2 aromatic carbocycles. The van der Waals surface area contributed by atoms with Gasteiger partial charge in [-0.1, -0.05) is 53.6 Å². The zero-order chi connectivity index (χ0) is 24.5. The molecule has 6 rings (SSSR count). The Kier molecular flexibility index (Phi) is 6.26. The van der Waals surface area contributed by atoms with Crippen molar-refractivity contribution in [2.24, 2.45) is 4.99 Å². The molecule has 2 aliphatic heterocycles. The van der Waals surface area contributed by atoms with Gasteiger partial charge in [0.1, 0.15) is 4.88 Å². The van der Waals surface area contributed by atoms with E-state index in [-0.39, 0.29) is 11.9 Å². The van der Waals surface area contributed by atoms with Gasteiger partial charge >= 0.3 is 6.01 Å². The number of anilines is 3. The van der Waals surface area contributed by atoms with Gasteiger partial charge in [-0.2, -0.15) is 0 Å². The Hall–Kier alpha value is -3.54. The second-order valence-electron chi connectivity index (χ2n) is 8.20. The minimum Gasteiger partial charge on any atom is -0.402 e. The number of carbonyl (C=O) groups excluding carboxylic acids is 1. The number of rotatable bonds is 5. The molecule has 182 valence electrons. The summed E-state index contributed by atoms with van der Waals surface area (Å²) in [6.45, 7) is 2.92. The lowest BCUT2D eigenvalue weighted by Gasteiger charge is -2.28. The normalized spacial score (nSPS) is 17.7. The number of morpholine rings is 1. The summed E-state index contributed by atoms with van der Waals surface area (Å²) in [6.07, 6.45) is -0.963. The lowest BCUT2D eigenvalue weighted by atomic mass is 10.0. The Balaban J connectivity index is 1.31. The van der Waals surface area contributed by atoms with E-state index in [1.165, 1.54) is 11.3 Å². The predicted molar refractivity (Wildman–Crippen MR) is 143 cm³/mol. The Morgan fingerprint density at radius 3 is 2.67 bits per heavy atom. The quantitative estimate of drug-likeness (QED) is 0.364. The van der Waals surface area contributed by atoms with E-state index >= 15 is 0 Å². The highest BCUT2D eigenvalue weighted by molar-refractivity contribution is 9.11. The molecule has 0 radical (unpaired) electrons. The fraction of sp³-hybridized carbons (Fsp3) is 0.200. The Morgan fingerprint density at radius 2 is 1.83 bits per heavy atom. The number of carbonyl (C=O) groups is 1. The van der Waals surface area contributed by atoms with Gasteiger partial charge in [0.15, 0.2) is 0 Å². The van der Waals surface area contributed by atoms with E-state index in [9.17, 15) is 4.79 Å². The SMILES string of the molecule is O=C1Nc2ccccc2C(c2ccccc2)=NC1Nc1nnc(-c2sc(Br)cc2N2CCOCC2)o1. The highest BCUT2D eigenvalue weighted by atomic mass is 79.9. The van der Waals surface area contributed by atoms with Crippen molar-refractivity contribution in [3.05, 3.63) is 75.6 Å². The number of para-hydroxylation sites is 1. The number of halogens is 1. The van der Waals surface area contributed by atoms with Crippen LogP contribution in [0.1, 0.15) is 11.1 Å². The molecule has 9 nitrogen and oxygen atoms in total. The molecule has 4 aromatic rings. The van der Waals surface area contributed by atoms with E-state index in [0.29, 0.717) is 30.5 Å².